The summed E-state index contributed by atoms with van der Waals surface area (Å²) in [7, 11) is 0. The monoisotopic (exact) mass is 312 g/mol. The molecule has 0 aromatic rings. The SMILES string of the molecule is CCCC(CC)NC1CCCCCC1NC(=O)OC(C)(C)C. The van der Waals surface area contributed by atoms with Crippen LogP contribution in [0.5, 0.6) is 0 Å². The number of hydrogen-bond donors (Lipinski definition) is 2. The number of hydrogen-bond acceptors (Lipinski definition) is 3. The molecule has 0 spiro atoms. The maximum Gasteiger partial charge on any atom is 0.407 e. The molecule has 1 saturated carbocycles. The number of rotatable bonds is 6. The second-order valence-electron chi connectivity index (χ2n) is 7.56. The summed E-state index contributed by atoms with van der Waals surface area (Å²) in [4.78, 5) is 12.1. The zero-order chi connectivity index (χ0) is 16.6. The summed E-state index contributed by atoms with van der Waals surface area (Å²) in [6.45, 7) is 10.2. The normalized spacial score (nSPS) is 24.4. The van der Waals surface area contributed by atoms with E-state index in [0.29, 0.717) is 12.1 Å². The first-order valence-electron chi connectivity index (χ1n) is 9.11. The Morgan fingerprint density at radius 1 is 1.14 bits per heavy atom. The van der Waals surface area contributed by atoms with Crippen molar-refractivity contribution in [2.24, 2.45) is 0 Å². The summed E-state index contributed by atoms with van der Waals surface area (Å²) in [5.74, 6) is 0. The van der Waals surface area contributed by atoms with Gasteiger partial charge in [-0.25, -0.2) is 4.79 Å². The van der Waals surface area contributed by atoms with Gasteiger partial charge in [-0.3, -0.25) is 0 Å². The van der Waals surface area contributed by atoms with E-state index in [1.54, 1.807) is 0 Å². The molecule has 1 amide bonds. The molecule has 3 unspecified atom stereocenters. The molecule has 0 radical (unpaired) electrons. The topological polar surface area (TPSA) is 50.4 Å². The smallest absolute Gasteiger partial charge is 0.407 e. The van der Waals surface area contributed by atoms with Crippen molar-refractivity contribution < 1.29 is 9.53 Å². The lowest BCUT2D eigenvalue weighted by atomic mass is 10.00. The molecule has 0 aromatic carbocycles. The van der Waals surface area contributed by atoms with Crippen LogP contribution in [0.15, 0.2) is 0 Å². The molecule has 0 saturated heterocycles. The van der Waals surface area contributed by atoms with Gasteiger partial charge < -0.3 is 15.4 Å². The highest BCUT2D eigenvalue weighted by Gasteiger charge is 2.28. The van der Waals surface area contributed by atoms with Gasteiger partial charge in [0.15, 0.2) is 0 Å². The molecular weight excluding hydrogens is 276 g/mol. The zero-order valence-corrected chi connectivity index (χ0v) is 15.2. The first kappa shape index (κ1) is 19.3. The van der Waals surface area contributed by atoms with E-state index in [-0.39, 0.29) is 12.1 Å². The van der Waals surface area contributed by atoms with Crippen molar-refractivity contribution in [1.29, 1.82) is 0 Å². The molecule has 1 aliphatic carbocycles. The van der Waals surface area contributed by atoms with Crippen LogP contribution >= 0.6 is 0 Å². The highest BCUT2D eigenvalue weighted by Crippen LogP contribution is 2.20. The molecule has 2 N–H and O–H groups in total. The van der Waals surface area contributed by atoms with E-state index in [4.69, 9.17) is 4.74 Å². The Kier molecular flexibility index (Phi) is 8.23. The van der Waals surface area contributed by atoms with E-state index in [0.717, 1.165) is 19.3 Å². The number of amides is 1. The lowest BCUT2D eigenvalue weighted by Crippen LogP contribution is -2.53. The van der Waals surface area contributed by atoms with Gasteiger partial charge in [-0.1, -0.05) is 39.5 Å². The van der Waals surface area contributed by atoms with Gasteiger partial charge in [0, 0.05) is 18.1 Å². The van der Waals surface area contributed by atoms with Crippen LogP contribution in [-0.2, 0) is 4.74 Å². The second kappa shape index (κ2) is 9.39. The molecule has 1 rings (SSSR count). The van der Waals surface area contributed by atoms with Crippen LogP contribution < -0.4 is 10.6 Å². The number of ether oxygens (including phenoxy) is 1. The van der Waals surface area contributed by atoms with Crippen LogP contribution in [0.1, 0.15) is 86.0 Å². The van der Waals surface area contributed by atoms with Crippen LogP contribution in [0.3, 0.4) is 0 Å². The minimum Gasteiger partial charge on any atom is -0.444 e. The van der Waals surface area contributed by atoms with Gasteiger partial charge in [0.05, 0.1) is 0 Å². The molecule has 1 fully saturated rings. The summed E-state index contributed by atoms with van der Waals surface area (Å²) in [6, 6.07) is 1.10. The van der Waals surface area contributed by atoms with Crippen molar-refractivity contribution >= 4 is 6.09 Å². The average Bonchev–Trinajstić information content (AvgIpc) is 2.62. The van der Waals surface area contributed by atoms with Crippen LogP contribution in [0.25, 0.3) is 0 Å². The van der Waals surface area contributed by atoms with E-state index >= 15 is 0 Å². The number of carbonyl (C=O) groups excluding carboxylic acids is 1. The molecule has 0 heterocycles. The van der Waals surface area contributed by atoms with E-state index < -0.39 is 5.60 Å². The van der Waals surface area contributed by atoms with E-state index in [9.17, 15) is 4.79 Å². The van der Waals surface area contributed by atoms with Crippen molar-refractivity contribution in [2.75, 3.05) is 0 Å². The fourth-order valence-electron chi connectivity index (χ4n) is 3.20. The summed E-state index contributed by atoms with van der Waals surface area (Å²) >= 11 is 0. The molecule has 4 heteroatoms. The number of alkyl carbamates (subject to hydrolysis) is 1. The van der Waals surface area contributed by atoms with Crippen molar-refractivity contribution in [3.8, 4) is 0 Å². The maximum atomic E-state index is 12.1. The van der Waals surface area contributed by atoms with Gasteiger partial charge >= 0.3 is 6.09 Å². The summed E-state index contributed by atoms with van der Waals surface area (Å²) < 4.78 is 5.43. The first-order valence-corrected chi connectivity index (χ1v) is 9.11. The van der Waals surface area contributed by atoms with Crippen molar-refractivity contribution in [2.45, 2.75) is 110 Å². The third kappa shape index (κ3) is 7.48. The molecular formula is C18H36N2O2. The lowest BCUT2D eigenvalue weighted by molar-refractivity contribution is 0.0487. The average molecular weight is 312 g/mol. The summed E-state index contributed by atoms with van der Waals surface area (Å²) in [5, 5.41) is 6.91. The molecule has 1 aliphatic rings. The van der Waals surface area contributed by atoms with Gasteiger partial charge in [-0.05, 0) is 46.5 Å². The molecule has 0 aliphatic heterocycles. The Labute approximate surface area is 136 Å². The predicted octanol–water partition coefficient (Wildman–Crippen LogP) is 4.38. The Hall–Kier alpha value is -0.770. The van der Waals surface area contributed by atoms with Crippen LogP contribution in [-0.4, -0.2) is 29.8 Å². The van der Waals surface area contributed by atoms with Crippen LogP contribution in [0.2, 0.25) is 0 Å². The van der Waals surface area contributed by atoms with Gasteiger partial charge in [0.1, 0.15) is 5.60 Å². The van der Waals surface area contributed by atoms with Crippen molar-refractivity contribution in [3.63, 3.8) is 0 Å². The predicted molar refractivity (Wildman–Crippen MR) is 92.2 cm³/mol. The Bertz CT molecular complexity index is 326. The Morgan fingerprint density at radius 2 is 1.77 bits per heavy atom. The minimum atomic E-state index is -0.439. The van der Waals surface area contributed by atoms with Crippen molar-refractivity contribution in [3.05, 3.63) is 0 Å². The van der Waals surface area contributed by atoms with Crippen LogP contribution in [0.4, 0.5) is 4.79 Å². The molecule has 0 bridgehead atoms. The summed E-state index contributed by atoms with van der Waals surface area (Å²) in [6.07, 6.45) is 9.12. The standard InChI is InChI=1S/C18H36N2O2/c1-6-11-14(7-2)19-15-12-9-8-10-13-16(15)20-17(21)22-18(3,4)5/h14-16,19H,6-13H2,1-5H3,(H,20,21). The van der Waals surface area contributed by atoms with Gasteiger partial charge in [-0.15, -0.1) is 0 Å². The Morgan fingerprint density at radius 3 is 2.32 bits per heavy atom. The molecule has 130 valence electrons. The minimum absolute atomic E-state index is 0.184. The van der Waals surface area contributed by atoms with E-state index in [2.05, 4.69) is 24.5 Å². The molecule has 22 heavy (non-hydrogen) atoms. The number of nitrogens with one attached hydrogen (secondary N) is 2. The zero-order valence-electron chi connectivity index (χ0n) is 15.2. The highest BCUT2D eigenvalue weighted by molar-refractivity contribution is 5.68. The fourth-order valence-corrected chi connectivity index (χ4v) is 3.20. The number of carbonyl (C=O) groups is 1. The van der Waals surface area contributed by atoms with Gasteiger partial charge in [0.2, 0.25) is 0 Å². The highest BCUT2D eigenvalue weighted by atomic mass is 16.6. The second-order valence-corrected chi connectivity index (χ2v) is 7.56. The van der Waals surface area contributed by atoms with Crippen LogP contribution in [0, 0.1) is 0 Å². The quantitative estimate of drug-likeness (QED) is 0.716. The third-order valence-electron chi connectivity index (χ3n) is 4.30. The summed E-state index contributed by atoms with van der Waals surface area (Å²) in [5.41, 5.74) is -0.439. The lowest BCUT2D eigenvalue weighted by Gasteiger charge is -2.31. The maximum absolute atomic E-state index is 12.1. The van der Waals surface area contributed by atoms with Gasteiger partial charge in [0.25, 0.3) is 0 Å². The van der Waals surface area contributed by atoms with E-state index in [1.165, 1.54) is 32.1 Å². The third-order valence-corrected chi connectivity index (χ3v) is 4.30. The molecule has 4 nitrogen and oxygen atoms in total. The van der Waals surface area contributed by atoms with Gasteiger partial charge in [-0.2, -0.15) is 0 Å². The van der Waals surface area contributed by atoms with Crippen molar-refractivity contribution in [1.82, 2.24) is 10.6 Å². The van der Waals surface area contributed by atoms with E-state index in [1.807, 2.05) is 20.8 Å². The Balaban J connectivity index is 2.63. The fraction of sp³-hybridized carbons (Fsp3) is 0.944. The first-order chi connectivity index (χ1) is 10.4. The molecule has 0 aromatic heterocycles. The largest absolute Gasteiger partial charge is 0.444 e. The molecule has 3 atom stereocenters.